The van der Waals surface area contributed by atoms with E-state index in [0.29, 0.717) is 5.82 Å². The van der Waals surface area contributed by atoms with Gasteiger partial charge in [-0.05, 0) is 31.0 Å². The number of ether oxygens (including phenoxy) is 1. The smallest absolute Gasteiger partial charge is 0.263 e. The fourth-order valence-corrected chi connectivity index (χ4v) is 1.54. The molecule has 0 aliphatic carbocycles. The fraction of sp³-hybridized carbons (Fsp3) is 0.231. The van der Waals surface area contributed by atoms with Crippen molar-refractivity contribution in [1.29, 1.82) is 0 Å². The number of rotatable bonds is 4. The molecule has 0 fully saturated rings. The standard InChI is InChI=1S/C13H15N3O2/c1-9-4-3-5-11(10(9)2)18-8-13(17)15-12-6-7-14-16-12/h3-7H,8H2,1-2H3,(H2,14,15,16,17). The lowest BCUT2D eigenvalue weighted by Gasteiger charge is -2.10. The Morgan fingerprint density at radius 2 is 2.22 bits per heavy atom. The van der Waals surface area contributed by atoms with Crippen molar-refractivity contribution in [1.82, 2.24) is 10.2 Å². The number of benzene rings is 1. The van der Waals surface area contributed by atoms with Gasteiger partial charge < -0.3 is 10.1 Å². The molecular formula is C13H15N3O2. The highest BCUT2D eigenvalue weighted by Gasteiger charge is 2.06. The molecule has 18 heavy (non-hydrogen) atoms. The van der Waals surface area contributed by atoms with Crippen molar-refractivity contribution in [3.05, 3.63) is 41.6 Å². The van der Waals surface area contributed by atoms with Crippen LogP contribution in [0.5, 0.6) is 5.75 Å². The molecule has 1 amide bonds. The van der Waals surface area contributed by atoms with E-state index in [1.165, 1.54) is 0 Å². The van der Waals surface area contributed by atoms with Crippen LogP contribution in [0.4, 0.5) is 5.82 Å². The van der Waals surface area contributed by atoms with Crippen molar-refractivity contribution in [2.45, 2.75) is 13.8 Å². The minimum absolute atomic E-state index is 0.0245. The number of aryl methyl sites for hydroxylation is 1. The van der Waals surface area contributed by atoms with Crippen molar-refractivity contribution in [3.8, 4) is 5.75 Å². The Morgan fingerprint density at radius 1 is 1.39 bits per heavy atom. The summed E-state index contributed by atoms with van der Waals surface area (Å²) in [6.07, 6.45) is 1.57. The second-order valence-electron chi connectivity index (χ2n) is 4.01. The number of aromatic amines is 1. The van der Waals surface area contributed by atoms with Crippen LogP contribution >= 0.6 is 0 Å². The summed E-state index contributed by atoms with van der Waals surface area (Å²) in [5.41, 5.74) is 2.19. The van der Waals surface area contributed by atoms with Gasteiger partial charge in [-0.1, -0.05) is 12.1 Å². The molecule has 0 radical (unpaired) electrons. The summed E-state index contributed by atoms with van der Waals surface area (Å²) in [5.74, 6) is 1.07. The molecule has 0 aliphatic rings. The van der Waals surface area contributed by atoms with Gasteiger partial charge in [-0.3, -0.25) is 9.89 Å². The first kappa shape index (κ1) is 12.2. The summed E-state index contributed by atoms with van der Waals surface area (Å²) in [6, 6.07) is 7.44. The number of nitrogens with one attached hydrogen (secondary N) is 2. The van der Waals surface area contributed by atoms with Crippen molar-refractivity contribution >= 4 is 11.7 Å². The van der Waals surface area contributed by atoms with Gasteiger partial charge in [0.15, 0.2) is 6.61 Å². The van der Waals surface area contributed by atoms with Crippen LogP contribution in [0.1, 0.15) is 11.1 Å². The quantitative estimate of drug-likeness (QED) is 0.866. The molecule has 2 N–H and O–H groups in total. The third kappa shape index (κ3) is 2.88. The maximum atomic E-state index is 11.6. The largest absolute Gasteiger partial charge is 0.483 e. The van der Waals surface area contributed by atoms with Gasteiger partial charge in [0.2, 0.25) is 0 Å². The second kappa shape index (κ2) is 5.35. The van der Waals surface area contributed by atoms with Crippen LogP contribution in [0.3, 0.4) is 0 Å². The van der Waals surface area contributed by atoms with Crippen LogP contribution in [0.25, 0.3) is 0 Å². The lowest BCUT2D eigenvalue weighted by molar-refractivity contribution is -0.118. The molecule has 0 saturated carbocycles. The van der Waals surface area contributed by atoms with Gasteiger partial charge in [-0.2, -0.15) is 5.10 Å². The molecule has 0 spiro atoms. The van der Waals surface area contributed by atoms with E-state index in [2.05, 4.69) is 15.5 Å². The zero-order valence-electron chi connectivity index (χ0n) is 10.4. The van der Waals surface area contributed by atoms with Gasteiger partial charge in [-0.25, -0.2) is 0 Å². The second-order valence-corrected chi connectivity index (χ2v) is 4.01. The maximum Gasteiger partial charge on any atom is 0.263 e. The van der Waals surface area contributed by atoms with E-state index in [-0.39, 0.29) is 12.5 Å². The Labute approximate surface area is 105 Å². The lowest BCUT2D eigenvalue weighted by atomic mass is 10.1. The summed E-state index contributed by atoms with van der Waals surface area (Å²) in [7, 11) is 0. The molecule has 5 heteroatoms. The van der Waals surface area contributed by atoms with Crippen LogP contribution in [-0.2, 0) is 4.79 Å². The molecule has 2 rings (SSSR count). The Kier molecular flexibility index (Phi) is 3.62. The van der Waals surface area contributed by atoms with Crippen LogP contribution < -0.4 is 10.1 Å². The van der Waals surface area contributed by atoms with E-state index in [4.69, 9.17) is 4.74 Å². The van der Waals surface area contributed by atoms with Gasteiger partial charge in [0.25, 0.3) is 5.91 Å². The molecule has 2 aromatic rings. The summed E-state index contributed by atoms with van der Waals surface area (Å²) in [5, 5.41) is 9.03. The molecule has 0 bridgehead atoms. The molecule has 1 heterocycles. The average molecular weight is 245 g/mol. The van der Waals surface area contributed by atoms with E-state index < -0.39 is 0 Å². The molecule has 1 aromatic heterocycles. The minimum Gasteiger partial charge on any atom is -0.483 e. The van der Waals surface area contributed by atoms with Crippen molar-refractivity contribution in [3.63, 3.8) is 0 Å². The Morgan fingerprint density at radius 3 is 2.94 bits per heavy atom. The van der Waals surface area contributed by atoms with E-state index in [0.717, 1.165) is 16.9 Å². The van der Waals surface area contributed by atoms with Gasteiger partial charge in [0, 0.05) is 6.07 Å². The molecule has 5 nitrogen and oxygen atoms in total. The van der Waals surface area contributed by atoms with Crippen LogP contribution in [0, 0.1) is 13.8 Å². The number of H-pyrrole nitrogens is 1. The zero-order chi connectivity index (χ0) is 13.0. The maximum absolute atomic E-state index is 11.6. The Balaban J connectivity index is 1.91. The number of amides is 1. The number of aromatic nitrogens is 2. The van der Waals surface area contributed by atoms with Crippen LogP contribution in [0.2, 0.25) is 0 Å². The van der Waals surface area contributed by atoms with E-state index in [9.17, 15) is 4.79 Å². The first-order valence-electron chi connectivity index (χ1n) is 5.65. The topological polar surface area (TPSA) is 67.0 Å². The predicted octanol–water partition coefficient (Wildman–Crippen LogP) is 2.04. The van der Waals surface area contributed by atoms with Crippen molar-refractivity contribution in [2.24, 2.45) is 0 Å². The number of carbonyl (C=O) groups excluding carboxylic acids is 1. The van der Waals surface area contributed by atoms with Gasteiger partial charge >= 0.3 is 0 Å². The zero-order valence-corrected chi connectivity index (χ0v) is 10.4. The van der Waals surface area contributed by atoms with Gasteiger partial charge in [-0.15, -0.1) is 0 Å². The summed E-state index contributed by atoms with van der Waals surface area (Å²) in [4.78, 5) is 11.6. The SMILES string of the molecule is Cc1cccc(OCC(=O)Nc2ccn[nH]2)c1C. The number of hydrogen-bond acceptors (Lipinski definition) is 3. The summed E-state index contributed by atoms with van der Waals surface area (Å²) < 4.78 is 5.48. The molecule has 0 unspecified atom stereocenters. The lowest BCUT2D eigenvalue weighted by Crippen LogP contribution is -2.20. The van der Waals surface area contributed by atoms with Crippen LogP contribution in [0.15, 0.2) is 30.5 Å². The third-order valence-corrected chi connectivity index (χ3v) is 2.69. The highest BCUT2D eigenvalue weighted by atomic mass is 16.5. The third-order valence-electron chi connectivity index (χ3n) is 2.69. The molecular weight excluding hydrogens is 230 g/mol. The van der Waals surface area contributed by atoms with Gasteiger partial charge in [0.1, 0.15) is 11.6 Å². The number of carbonyl (C=O) groups is 1. The molecule has 0 saturated heterocycles. The van der Waals surface area contributed by atoms with Crippen LogP contribution in [-0.4, -0.2) is 22.7 Å². The minimum atomic E-state index is -0.222. The number of nitrogens with zero attached hydrogens (tertiary/aromatic N) is 1. The molecule has 94 valence electrons. The monoisotopic (exact) mass is 245 g/mol. The highest BCUT2D eigenvalue weighted by molar-refractivity contribution is 5.90. The fourth-order valence-electron chi connectivity index (χ4n) is 1.54. The molecule has 1 aromatic carbocycles. The number of anilines is 1. The van der Waals surface area contributed by atoms with Gasteiger partial charge in [0.05, 0.1) is 6.20 Å². The highest BCUT2D eigenvalue weighted by Crippen LogP contribution is 2.20. The first-order valence-corrected chi connectivity index (χ1v) is 5.65. The van der Waals surface area contributed by atoms with E-state index >= 15 is 0 Å². The van der Waals surface area contributed by atoms with E-state index in [1.807, 2.05) is 32.0 Å². The van der Waals surface area contributed by atoms with E-state index in [1.54, 1.807) is 12.3 Å². The van der Waals surface area contributed by atoms with Crippen molar-refractivity contribution < 1.29 is 9.53 Å². The Hall–Kier alpha value is -2.30. The normalized spacial score (nSPS) is 10.1. The number of hydrogen-bond donors (Lipinski definition) is 2. The summed E-state index contributed by atoms with van der Waals surface area (Å²) >= 11 is 0. The average Bonchev–Trinajstić information content (AvgIpc) is 2.84. The predicted molar refractivity (Wildman–Crippen MR) is 68.6 cm³/mol. The first-order chi connectivity index (χ1) is 8.66. The summed E-state index contributed by atoms with van der Waals surface area (Å²) in [6.45, 7) is 3.95. The Bertz CT molecular complexity index is 535. The molecule has 0 aliphatic heterocycles. The molecule has 0 atom stereocenters. The van der Waals surface area contributed by atoms with Crippen molar-refractivity contribution in [2.75, 3.05) is 11.9 Å².